The van der Waals surface area contributed by atoms with E-state index < -0.39 is 16.8 Å². The summed E-state index contributed by atoms with van der Waals surface area (Å²) < 4.78 is 5.07. The number of thiophene rings is 1. The SMILES string of the molecule is CCOC(=O)C1=C(C)NC(C)=C([N+](=O)[O-])C1c1cccs1. The monoisotopic (exact) mass is 308 g/mol. The van der Waals surface area contributed by atoms with Crippen LogP contribution in [0.4, 0.5) is 0 Å². The summed E-state index contributed by atoms with van der Waals surface area (Å²) in [5.41, 5.74) is 1.33. The van der Waals surface area contributed by atoms with Crippen LogP contribution in [0.25, 0.3) is 0 Å². The average Bonchev–Trinajstić information content (AvgIpc) is 2.90. The van der Waals surface area contributed by atoms with Crippen molar-refractivity contribution in [1.82, 2.24) is 5.32 Å². The lowest BCUT2D eigenvalue weighted by atomic mass is 9.88. The molecule has 6 nitrogen and oxygen atoms in total. The quantitative estimate of drug-likeness (QED) is 0.525. The van der Waals surface area contributed by atoms with Crippen LogP contribution in [0.2, 0.25) is 0 Å². The number of nitrogens with zero attached hydrogens (tertiary/aromatic N) is 1. The van der Waals surface area contributed by atoms with Crippen molar-refractivity contribution in [3.05, 3.63) is 55.2 Å². The number of allylic oxidation sites excluding steroid dienone is 3. The molecular weight excluding hydrogens is 292 g/mol. The van der Waals surface area contributed by atoms with Crippen molar-refractivity contribution in [3.8, 4) is 0 Å². The van der Waals surface area contributed by atoms with Gasteiger partial charge in [0.1, 0.15) is 5.92 Å². The van der Waals surface area contributed by atoms with Crippen LogP contribution < -0.4 is 5.32 Å². The third kappa shape index (κ3) is 2.82. The summed E-state index contributed by atoms with van der Waals surface area (Å²) in [6, 6.07) is 3.61. The molecule has 1 aromatic rings. The summed E-state index contributed by atoms with van der Waals surface area (Å²) in [4.78, 5) is 24.0. The van der Waals surface area contributed by atoms with Crippen LogP contribution in [-0.2, 0) is 9.53 Å². The average molecular weight is 308 g/mol. The minimum atomic E-state index is -0.694. The zero-order chi connectivity index (χ0) is 15.6. The minimum absolute atomic E-state index is 0.00824. The first-order valence-electron chi connectivity index (χ1n) is 6.50. The number of ether oxygens (including phenoxy) is 1. The van der Waals surface area contributed by atoms with Gasteiger partial charge in [0.25, 0.3) is 5.70 Å². The van der Waals surface area contributed by atoms with E-state index in [9.17, 15) is 14.9 Å². The second kappa shape index (κ2) is 6.09. The Hall–Kier alpha value is -2.15. The van der Waals surface area contributed by atoms with Crippen molar-refractivity contribution in [2.24, 2.45) is 0 Å². The fraction of sp³-hybridized carbons (Fsp3) is 0.357. The van der Waals surface area contributed by atoms with E-state index in [1.807, 2.05) is 11.4 Å². The zero-order valence-corrected chi connectivity index (χ0v) is 12.8. The molecule has 0 spiro atoms. The number of nitro groups is 1. The molecule has 1 aliphatic rings. The Bertz CT molecular complexity index is 631. The van der Waals surface area contributed by atoms with Crippen LogP contribution in [0.15, 0.2) is 40.2 Å². The van der Waals surface area contributed by atoms with Gasteiger partial charge in [-0.2, -0.15) is 0 Å². The molecule has 1 aromatic heterocycles. The van der Waals surface area contributed by atoms with Gasteiger partial charge in [-0.25, -0.2) is 4.79 Å². The molecule has 0 bridgehead atoms. The molecular formula is C14H16N2O4S. The predicted molar refractivity (Wildman–Crippen MR) is 79.2 cm³/mol. The van der Waals surface area contributed by atoms with Gasteiger partial charge in [0.05, 0.1) is 22.8 Å². The number of nitrogens with one attached hydrogen (secondary N) is 1. The maximum absolute atomic E-state index is 12.2. The maximum Gasteiger partial charge on any atom is 0.337 e. The summed E-state index contributed by atoms with van der Waals surface area (Å²) >= 11 is 1.39. The van der Waals surface area contributed by atoms with E-state index in [1.165, 1.54) is 11.3 Å². The van der Waals surface area contributed by atoms with Crippen LogP contribution in [0.3, 0.4) is 0 Å². The first kappa shape index (κ1) is 15.2. The Morgan fingerprint density at radius 3 is 2.71 bits per heavy atom. The van der Waals surface area contributed by atoms with Gasteiger partial charge in [0.2, 0.25) is 0 Å². The van der Waals surface area contributed by atoms with Crippen LogP contribution in [0.1, 0.15) is 31.6 Å². The normalized spacial score (nSPS) is 18.5. The second-order valence-electron chi connectivity index (χ2n) is 4.60. The van der Waals surface area contributed by atoms with Gasteiger partial charge in [-0.15, -0.1) is 11.3 Å². The van der Waals surface area contributed by atoms with Gasteiger partial charge < -0.3 is 10.1 Å². The van der Waals surface area contributed by atoms with E-state index in [-0.39, 0.29) is 12.3 Å². The molecule has 1 unspecified atom stereocenters. The first-order chi connectivity index (χ1) is 9.97. The Morgan fingerprint density at radius 1 is 1.48 bits per heavy atom. The summed E-state index contributed by atoms with van der Waals surface area (Å²) in [6.45, 7) is 5.31. The zero-order valence-electron chi connectivity index (χ0n) is 12.0. The molecule has 0 saturated heterocycles. The van der Waals surface area contributed by atoms with Crippen molar-refractivity contribution in [2.75, 3.05) is 6.61 Å². The van der Waals surface area contributed by atoms with Gasteiger partial charge in [0, 0.05) is 10.6 Å². The van der Waals surface area contributed by atoms with Crippen molar-refractivity contribution >= 4 is 17.3 Å². The van der Waals surface area contributed by atoms with Crippen LogP contribution >= 0.6 is 11.3 Å². The van der Waals surface area contributed by atoms with Gasteiger partial charge in [-0.1, -0.05) is 6.07 Å². The largest absolute Gasteiger partial charge is 0.463 e. The Labute approximate surface area is 126 Å². The smallest absolute Gasteiger partial charge is 0.337 e. The number of rotatable bonds is 4. The van der Waals surface area contributed by atoms with Crippen LogP contribution in [0, 0.1) is 10.1 Å². The summed E-state index contributed by atoms with van der Waals surface area (Å²) in [5.74, 6) is -1.21. The Balaban J connectivity index is 2.58. The van der Waals surface area contributed by atoms with E-state index in [1.54, 1.807) is 26.8 Å². The van der Waals surface area contributed by atoms with Gasteiger partial charge in [-0.05, 0) is 32.2 Å². The molecule has 0 radical (unpaired) electrons. The highest BCUT2D eigenvalue weighted by Gasteiger charge is 2.41. The molecule has 1 N–H and O–H groups in total. The summed E-state index contributed by atoms with van der Waals surface area (Å²) in [5, 5.41) is 16.2. The number of carbonyl (C=O) groups excluding carboxylic acids is 1. The number of carbonyl (C=O) groups is 1. The van der Waals surface area contributed by atoms with E-state index in [4.69, 9.17) is 4.74 Å². The second-order valence-corrected chi connectivity index (χ2v) is 5.58. The lowest BCUT2D eigenvalue weighted by molar-refractivity contribution is -0.430. The highest BCUT2D eigenvalue weighted by atomic mass is 32.1. The molecule has 0 fully saturated rings. The van der Waals surface area contributed by atoms with Crippen molar-refractivity contribution in [3.63, 3.8) is 0 Å². The first-order valence-corrected chi connectivity index (χ1v) is 7.38. The molecule has 2 rings (SSSR count). The third-order valence-corrected chi connectivity index (χ3v) is 4.18. The molecule has 0 amide bonds. The van der Waals surface area contributed by atoms with Crippen LogP contribution in [-0.4, -0.2) is 17.5 Å². The number of esters is 1. The van der Waals surface area contributed by atoms with Crippen molar-refractivity contribution < 1.29 is 14.5 Å². The van der Waals surface area contributed by atoms with Crippen molar-refractivity contribution in [2.45, 2.75) is 26.7 Å². The van der Waals surface area contributed by atoms with E-state index >= 15 is 0 Å². The van der Waals surface area contributed by atoms with Gasteiger partial charge >= 0.3 is 5.97 Å². The Kier molecular flexibility index (Phi) is 4.42. The highest BCUT2D eigenvalue weighted by Crippen LogP contribution is 2.40. The molecule has 1 aliphatic heterocycles. The number of hydrogen-bond acceptors (Lipinski definition) is 6. The molecule has 2 heterocycles. The molecule has 112 valence electrons. The lowest BCUT2D eigenvalue weighted by Crippen LogP contribution is -2.31. The van der Waals surface area contributed by atoms with Gasteiger partial charge in [-0.3, -0.25) is 10.1 Å². The standard InChI is InChI=1S/C14H16N2O4S/c1-4-20-14(17)11-8(2)15-9(3)13(16(18)19)12(11)10-6-5-7-21-10/h5-7,12,15H,4H2,1-3H3. The molecule has 7 heteroatoms. The highest BCUT2D eigenvalue weighted by molar-refractivity contribution is 7.10. The van der Waals surface area contributed by atoms with E-state index in [2.05, 4.69) is 5.32 Å². The number of dihydropyridines is 1. The molecule has 21 heavy (non-hydrogen) atoms. The molecule has 1 atom stereocenters. The van der Waals surface area contributed by atoms with Gasteiger partial charge in [0.15, 0.2) is 0 Å². The van der Waals surface area contributed by atoms with E-state index in [0.717, 1.165) is 4.88 Å². The maximum atomic E-state index is 12.2. The van der Waals surface area contributed by atoms with E-state index in [0.29, 0.717) is 17.0 Å². The molecule has 0 aromatic carbocycles. The topological polar surface area (TPSA) is 81.5 Å². The van der Waals surface area contributed by atoms with Crippen molar-refractivity contribution in [1.29, 1.82) is 0 Å². The van der Waals surface area contributed by atoms with Crippen LogP contribution in [0.5, 0.6) is 0 Å². The number of hydrogen-bond donors (Lipinski definition) is 1. The summed E-state index contributed by atoms with van der Waals surface area (Å²) in [7, 11) is 0. The summed E-state index contributed by atoms with van der Waals surface area (Å²) in [6.07, 6.45) is 0. The third-order valence-electron chi connectivity index (χ3n) is 3.25. The fourth-order valence-electron chi connectivity index (χ4n) is 2.44. The fourth-order valence-corrected chi connectivity index (χ4v) is 3.27. The molecule has 0 aliphatic carbocycles. The minimum Gasteiger partial charge on any atom is -0.463 e. The molecule has 0 saturated carbocycles. The predicted octanol–water partition coefficient (Wildman–Crippen LogP) is 2.78. The lowest BCUT2D eigenvalue weighted by Gasteiger charge is -2.25. The Morgan fingerprint density at radius 2 is 2.19 bits per heavy atom.